The van der Waals surface area contributed by atoms with Gasteiger partial charge < -0.3 is 15.0 Å². The van der Waals surface area contributed by atoms with Gasteiger partial charge in [-0.25, -0.2) is 15.0 Å². The normalized spacial score (nSPS) is 10.1. The van der Waals surface area contributed by atoms with Crippen molar-refractivity contribution in [2.75, 3.05) is 12.4 Å². The lowest BCUT2D eigenvalue weighted by molar-refractivity contribution is 0.393. The Hall–Kier alpha value is -2.11. The highest BCUT2D eigenvalue weighted by molar-refractivity contribution is 5.47. The molecule has 0 bridgehead atoms. The number of nitrogens with zero attached hydrogens (tertiary/aromatic N) is 3. The second-order valence-corrected chi connectivity index (χ2v) is 3.25. The topological polar surface area (TPSA) is 75.7 Å². The van der Waals surface area contributed by atoms with E-state index in [2.05, 4.69) is 25.3 Å². The van der Waals surface area contributed by atoms with E-state index in [1.807, 2.05) is 6.92 Å². The number of nitrogens with one attached hydrogen (secondary N) is 2. The highest BCUT2D eigenvalue weighted by atomic mass is 16.5. The molecule has 2 N–H and O–H groups in total. The number of methoxy groups -OCH3 is 1. The number of imidazole rings is 1. The molecule has 2 aromatic rings. The molecule has 0 aromatic carbocycles. The number of anilines is 1. The first-order chi connectivity index (χ1) is 7.81. The number of H-pyrrole nitrogens is 1. The molecule has 0 fully saturated rings. The first-order valence-corrected chi connectivity index (χ1v) is 4.89. The lowest BCUT2D eigenvalue weighted by atomic mass is 10.3. The summed E-state index contributed by atoms with van der Waals surface area (Å²) in [4.78, 5) is 15.3. The van der Waals surface area contributed by atoms with Gasteiger partial charge in [0, 0.05) is 12.4 Å². The van der Waals surface area contributed by atoms with Crippen LogP contribution in [-0.2, 0) is 6.54 Å². The fourth-order valence-electron chi connectivity index (χ4n) is 1.38. The lowest BCUT2D eigenvalue weighted by Crippen LogP contribution is -2.06. The van der Waals surface area contributed by atoms with Gasteiger partial charge in [-0.3, -0.25) is 0 Å². The van der Waals surface area contributed by atoms with E-state index in [4.69, 9.17) is 4.74 Å². The Morgan fingerprint density at radius 2 is 2.25 bits per heavy atom. The number of ether oxygens (including phenoxy) is 1. The maximum Gasteiger partial charge on any atom is 0.221 e. The summed E-state index contributed by atoms with van der Waals surface area (Å²) in [5, 5.41) is 3.17. The molecule has 0 saturated heterocycles. The predicted molar refractivity (Wildman–Crippen MR) is 59.2 cm³/mol. The number of rotatable bonds is 4. The van der Waals surface area contributed by atoms with E-state index in [9.17, 15) is 0 Å². The zero-order valence-corrected chi connectivity index (χ0v) is 9.19. The fraction of sp³-hybridized carbons (Fsp3) is 0.300. The average Bonchev–Trinajstić information content (AvgIpc) is 2.81. The molecule has 0 amide bonds. The molecular formula is C10H13N5O. The third kappa shape index (κ3) is 2.10. The van der Waals surface area contributed by atoms with Crippen LogP contribution in [-0.4, -0.2) is 27.0 Å². The van der Waals surface area contributed by atoms with Crippen LogP contribution in [0.5, 0.6) is 5.88 Å². The smallest absolute Gasteiger partial charge is 0.221 e. The maximum atomic E-state index is 5.11. The molecule has 84 valence electrons. The maximum absolute atomic E-state index is 5.11. The SMILES string of the molecule is COc1ncnc(NCc2ncc[nH]2)c1C. The monoisotopic (exact) mass is 219 g/mol. The van der Waals surface area contributed by atoms with Gasteiger partial charge in [-0.1, -0.05) is 0 Å². The first-order valence-electron chi connectivity index (χ1n) is 4.89. The molecule has 0 unspecified atom stereocenters. The van der Waals surface area contributed by atoms with Crippen molar-refractivity contribution in [1.82, 2.24) is 19.9 Å². The minimum atomic E-state index is 0.581. The largest absolute Gasteiger partial charge is 0.481 e. The summed E-state index contributed by atoms with van der Waals surface area (Å²) >= 11 is 0. The quantitative estimate of drug-likeness (QED) is 0.806. The van der Waals surface area contributed by atoms with Crippen molar-refractivity contribution < 1.29 is 4.74 Å². The van der Waals surface area contributed by atoms with Crippen molar-refractivity contribution in [3.63, 3.8) is 0 Å². The van der Waals surface area contributed by atoms with Gasteiger partial charge in [0.2, 0.25) is 5.88 Å². The van der Waals surface area contributed by atoms with Crippen molar-refractivity contribution in [2.45, 2.75) is 13.5 Å². The van der Waals surface area contributed by atoms with Crippen LogP contribution in [0.4, 0.5) is 5.82 Å². The van der Waals surface area contributed by atoms with Crippen molar-refractivity contribution in [3.8, 4) is 5.88 Å². The standard InChI is InChI=1S/C10H13N5O/c1-7-9(14-6-15-10(7)16-2)13-5-8-11-3-4-12-8/h3-4,6H,5H2,1-2H3,(H,11,12)(H,13,14,15). The zero-order valence-electron chi connectivity index (χ0n) is 9.19. The van der Waals surface area contributed by atoms with Gasteiger partial charge in [0.1, 0.15) is 18.0 Å². The summed E-state index contributed by atoms with van der Waals surface area (Å²) in [6.45, 7) is 2.50. The number of aromatic nitrogens is 4. The van der Waals surface area contributed by atoms with Crippen LogP contribution < -0.4 is 10.1 Å². The molecule has 0 aliphatic carbocycles. The molecule has 0 radical (unpaired) electrons. The van der Waals surface area contributed by atoms with E-state index in [0.29, 0.717) is 12.4 Å². The van der Waals surface area contributed by atoms with Crippen LogP contribution in [0, 0.1) is 6.92 Å². The third-order valence-electron chi connectivity index (χ3n) is 2.21. The lowest BCUT2D eigenvalue weighted by Gasteiger charge is -2.09. The first kappa shape index (κ1) is 10.4. The van der Waals surface area contributed by atoms with E-state index in [1.54, 1.807) is 19.5 Å². The summed E-state index contributed by atoms with van der Waals surface area (Å²) in [5.74, 6) is 2.19. The van der Waals surface area contributed by atoms with E-state index >= 15 is 0 Å². The summed E-state index contributed by atoms with van der Waals surface area (Å²) in [7, 11) is 1.59. The van der Waals surface area contributed by atoms with Gasteiger partial charge in [-0.15, -0.1) is 0 Å². The molecule has 2 aromatic heterocycles. The van der Waals surface area contributed by atoms with Gasteiger partial charge in [0.05, 0.1) is 19.2 Å². The second-order valence-electron chi connectivity index (χ2n) is 3.25. The minimum Gasteiger partial charge on any atom is -0.481 e. The molecule has 0 aliphatic heterocycles. The summed E-state index contributed by atoms with van der Waals surface area (Å²) in [6, 6.07) is 0. The molecule has 2 heterocycles. The van der Waals surface area contributed by atoms with Gasteiger partial charge in [-0.2, -0.15) is 0 Å². The van der Waals surface area contributed by atoms with E-state index in [1.165, 1.54) is 6.33 Å². The van der Waals surface area contributed by atoms with Crippen molar-refractivity contribution in [3.05, 3.63) is 30.1 Å². The molecular weight excluding hydrogens is 206 g/mol. The van der Waals surface area contributed by atoms with Crippen LogP contribution in [0.3, 0.4) is 0 Å². The van der Waals surface area contributed by atoms with Crippen LogP contribution >= 0.6 is 0 Å². The molecule has 0 aliphatic rings. The number of hydrogen-bond acceptors (Lipinski definition) is 5. The molecule has 16 heavy (non-hydrogen) atoms. The van der Waals surface area contributed by atoms with E-state index in [-0.39, 0.29) is 0 Å². The molecule has 0 spiro atoms. The Balaban J connectivity index is 2.09. The highest BCUT2D eigenvalue weighted by Crippen LogP contribution is 2.19. The molecule has 6 heteroatoms. The fourth-order valence-corrected chi connectivity index (χ4v) is 1.38. The van der Waals surface area contributed by atoms with Crippen LogP contribution in [0.1, 0.15) is 11.4 Å². The van der Waals surface area contributed by atoms with Crippen molar-refractivity contribution in [2.24, 2.45) is 0 Å². The Labute approximate surface area is 93.1 Å². The van der Waals surface area contributed by atoms with E-state index in [0.717, 1.165) is 17.2 Å². The van der Waals surface area contributed by atoms with Crippen LogP contribution in [0.15, 0.2) is 18.7 Å². The Morgan fingerprint density at radius 1 is 1.38 bits per heavy atom. The van der Waals surface area contributed by atoms with Crippen molar-refractivity contribution in [1.29, 1.82) is 0 Å². The number of hydrogen-bond donors (Lipinski definition) is 2. The minimum absolute atomic E-state index is 0.581. The van der Waals surface area contributed by atoms with Gasteiger partial charge in [-0.05, 0) is 6.92 Å². The molecule has 2 rings (SSSR count). The Morgan fingerprint density at radius 3 is 2.94 bits per heavy atom. The summed E-state index contributed by atoms with van der Waals surface area (Å²) in [5.41, 5.74) is 0.886. The average molecular weight is 219 g/mol. The Kier molecular flexibility index (Phi) is 3.00. The Bertz CT molecular complexity index is 454. The van der Waals surface area contributed by atoms with Gasteiger partial charge in [0.25, 0.3) is 0 Å². The predicted octanol–water partition coefficient (Wildman–Crippen LogP) is 1.13. The van der Waals surface area contributed by atoms with Crippen LogP contribution in [0.25, 0.3) is 0 Å². The third-order valence-corrected chi connectivity index (χ3v) is 2.21. The zero-order chi connectivity index (χ0) is 11.4. The second kappa shape index (κ2) is 4.61. The molecule has 0 atom stereocenters. The molecule has 0 saturated carbocycles. The van der Waals surface area contributed by atoms with Gasteiger partial charge in [0.15, 0.2) is 0 Å². The van der Waals surface area contributed by atoms with Gasteiger partial charge >= 0.3 is 0 Å². The van der Waals surface area contributed by atoms with Crippen LogP contribution in [0.2, 0.25) is 0 Å². The summed E-state index contributed by atoms with van der Waals surface area (Å²) < 4.78 is 5.11. The molecule has 6 nitrogen and oxygen atoms in total. The number of aromatic amines is 1. The summed E-state index contributed by atoms with van der Waals surface area (Å²) in [6.07, 6.45) is 4.96. The highest BCUT2D eigenvalue weighted by Gasteiger charge is 2.06. The van der Waals surface area contributed by atoms with E-state index < -0.39 is 0 Å². The van der Waals surface area contributed by atoms with Crippen molar-refractivity contribution >= 4 is 5.82 Å².